The molecule has 2 atom stereocenters. The molecule has 2 unspecified atom stereocenters. The quantitative estimate of drug-likeness (QED) is 0.372. The molecule has 1 aromatic carbocycles. The maximum absolute atomic E-state index is 13.2. The summed E-state index contributed by atoms with van der Waals surface area (Å²) in [6.07, 6.45) is 7.81. The van der Waals surface area contributed by atoms with Gasteiger partial charge in [-0.05, 0) is 55.4 Å². The Hall–Kier alpha value is -3.27. The van der Waals surface area contributed by atoms with Gasteiger partial charge in [-0.2, -0.15) is 0 Å². The summed E-state index contributed by atoms with van der Waals surface area (Å²) in [5.74, 6) is -0.185. The van der Waals surface area contributed by atoms with Crippen LogP contribution in [0.1, 0.15) is 57.2 Å². The molecular weight excluding hydrogens is 450 g/mol. The zero-order chi connectivity index (χ0) is 23.5. The highest BCUT2D eigenvalue weighted by Crippen LogP contribution is 2.38. The van der Waals surface area contributed by atoms with Gasteiger partial charge in [0.25, 0.3) is 5.91 Å². The molecule has 3 aromatic rings. The molecule has 0 spiro atoms. The number of pyridine rings is 1. The molecule has 5 rings (SSSR count). The van der Waals surface area contributed by atoms with Crippen LogP contribution in [-0.2, 0) is 24.2 Å². The molecule has 0 radical (unpaired) electrons. The third-order valence-corrected chi connectivity index (χ3v) is 7.55. The fourth-order valence-electron chi connectivity index (χ4n) is 4.58. The summed E-state index contributed by atoms with van der Waals surface area (Å²) in [5, 5.41) is 16.8. The van der Waals surface area contributed by atoms with Crippen molar-refractivity contribution in [3.63, 3.8) is 0 Å². The molecule has 1 fully saturated rings. The third kappa shape index (κ3) is 4.68. The fraction of sp³-hybridized carbons (Fsp3) is 0.320. The van der Waals surface area contributed by atoms with Crippen LogP contribution in [0.3, 0.4) is 0 Å². The van der Waals surface area contributed by atoms with Crippen LogP contribution in [0.25, 0.3) is 0 Å². The van der Waals surface area contributed by atoms with E-state index in [0.717, 1.165) is 42.4 Å². The minimum atomic E-state index is -0.491. The van der Waals surface area contributed by atoms with Crippen molar-refractivity contribution in [1.29, 1.82) is 0 Å². The van der Waals surface area contributed by atoms with Gasteiger partial charge in [0.15, 0.2) is 0 Å². The molecule has 3 heterocycles. The summed E-state index contributed by atoms with van der Waals surface area (Å²) in [6.45, 7) is 0.376. The number of hydrogen-bond donors (Lipinski definition) is 5. The number of hydrazine groups is 1. The number of hydrogen-bond acceptors (Lipinski definition) is 7. The van der Waals surface area contributed by atoms with E-state index < -0.39 is 6.04 Å². The van der Waals surface area contributed by atoms with Gasteiger partial charge >= 0.3 is 0 Å². The number of benzene rings is 1. The molecule has 5 N–H and O–H groups in total. The average Bonchev–Trinajstić information content (AvgIpc) is 3.48. The fourth-order valence-corrected chi connectivity index (χ4v) is 5.87. The summed E-state index contributed by atoms with van der Waals surface area (Å²) in [4.78, 5) is 31.6. The van der Waals surface area contributed by atoms with Crippen LogP contribution in [0.5, 0.6) is 5.75 Å². The van der Waals surface area contributed by atoms with Crippen molar-refractivity contribution in [1.82, 2.24) is 21.2 Å². The topological polar surface area (TPSA) is 115 Å². The number of nitrogens with zero attached hydrogens (tertiary/aromatic N) is 1. The van der Waals surface area contributed by atoms with E-state index in [-0.39, 0.29) is 23.6 Å². The molecule has 1 aliphatic carbocycles. The van der Waals surface area contributed by atoms with E-state index in [9.17, 15) is 14.7 Å². The van der Waals surface area contributed by atoms with Gasteiger partial charge in [-0.1, -0.05) is 24.3 Å². The number of aromatic nitrogens is 1. The lowest BCUT2D eigenvalue weighted by molar-refractivity contribution is -0.117. The third-order valence-electron chi connectivity index (χ3n) is 6.34. The monoisotopic (exact) mass is 477 g/mol. The Morgan fingerprint density at radius 2 is 1.97 bits per heavy atom. The second-order valence-corrected chi connectivity index (χ2v) is 9.74. The summed E-state index contributed by atoms with van der Waals surface area (Å²) in [6, 6.07) is 10.2. The smallest absolute Gasteiger partial charge is 0.254 e. The summed E-state index contributed by atoms with van der Waals surface area (Å²) in [5.41, 5.74) is 9.44. The molecule has 176 valence electrons. The summed E-state index contributed by atoms with van der Waals surface area (Å²) >= 11 is 1.51. The molecule has 34 heavy (non-hydrogen) atoms. The van der Waals surface area contributed by atoms with E-state index in [1.807, 2.05) is 24.3 Å². The number of phenolic OH excluding ortho intramolecular Hbond substituents is 1. The van der Waals surface area contributed by atoms with Crippen LogP contribution in [0.15, 0.2) is 48.8 Å². The number of fused-ring (bicyclic) bond motifs is 1. The normalized spacial score (nSPS) is 19.4. The van der Waals surface area contributed by atoms with E-state index in [0.29, 0.717) is 23.5 Å². The Kier molecular flexibility index (Phi) is 6.57. The number of phenols is 1. The second kappa shape index (κ2) is 9.92. The predicted molar refractivity (Wildman–Crippen MR) is 131 cm³/mol. The second-order valence-electron chi connectivity index (χ2n) is 8.64. The Balaban J connectivity index is 1.31. The Bertz CT molecular complexity index is 1200. The highest BCUT2D eigenvalue weighted by molar-refractivity contribution is 7.17. The minimum absolute atomic E-state index is 0.178. The molecule has 0 saturated carbocycles. The van der Waals surface area contributed by atoms with Crippen molar-refractivity contribution in [2.75, 3.05) is 5.32 Å². The zero-order valence-corrected chi connectivity index (χ0v) is 19.5. The van der Waals surface area contributed by atoms with Crippen molar-refractivity contribution in [2.24, 2.45) is 0 Å². The zero-order valence-electron chi connectivity index (χ0n) is 18.6. The molecule has 2 aliphatic rings. The Labute approximate surface area is 201 Å². The lowest BCUT2D eigenvalue weighted by Gasteiger charge is -2.14. The van der Waals surface area contributed by atoms with Crippen molar-refractivity contribution < 1.29 is 14.7 Å². The molecule has 1 saturated heterocycles. The summed E-state index contributed by atoms with van der Waals surface area (Å²) < 4.78 is 0. The SMILES string of the molecule is O=C(NCc1cccnc1)c1c(NC(=O)C2CC(c3ccccc3O)NN2)sc2c1CCCC2. The number of aryl methyl sites for hydroxylation is 1. The van der Waals surface area contributed by atoms with Gasteiger partial charge in [0.05, 0.1) is 11.6 Å². The average molecular weight is 478 g/mol. The molecule has 8 nitrogen and oxygen atoms in total. The first-order valence-electron chi connectivity index (χ1n) is 11.5. The van der Waals surface area contributed by atoms with Gasteiger partial charge in [-0.15, -0.1) is 11.3 Å². The highest BCUT2D eigenvalue weighted by atomic mass is 32.1. The molecule has 1 aliphatic heterocycles. The predicted octanol–water partition coefficient (Wildman–Crippen LogP) is 3.20. The van der Waals surface area contributed by atoms with Crippen molar-refractivity contribution >= 4 is 28.2 Å². The molecule has 2 aromatic heterocycles. The Morgan fingerprint density at radius 3 is 2.79 bits per heavy atom. The van der Waals surface area contributed by atoms with E-state index >= 15 is 0 Å². The number of nitrogens with one attached hydrogen (secondary N) is 4. The first kappa shape index (κ1) is 22.5. The van der Waals surface area contributed by atoms with Crippen LogP contribution in [0.4, 0.5) is 5.00 Å². The van der Waals surface area contributed by atoms with Crippen LogP contribution >= 0.6 is 11.3 Å². The minimum Gasteiger partial charge on any atom is -0.508 e. The number of aromatic hydroxyl groups is 1. The van der Waals surface area contributed by atoms with Crippen LogP contribution in [-0.4, -0.2) is 27.9 Å². The van der Waals surface area contributed by atoms with E-state index in [4.69, 9.17) is 0 Å². The van der Waals surface area contributed by atoms with Crippen molar-refractivity contribution in [3.05, 3.63) is 75.9 Å². The van der Waals surface area contributed by atoms with Crippen LogP contribution in [0.2, 0.25) is 0 Å². The van der Waals surface area contributed by atoms with Crippen molar-refractivity contribution in [2.45, 2.75) is 50.7 Å². The van der Waals surface area contributed by atoms with Gasteiger partial charge < -0.3 is 15.7 Å². The first-order valence-corrected chi connectivity index (χ1v) is 12.3. The number of para-hydroxylation sites is 1. The maximum atomic E-state index is 13.2. The van der Waals surface area contributed by atoms with E-state index in [1.165, 1.54) is 16.2 Å². The van der Waals surface area contributed by atoms with E-state index in [1.54, 1.807) is 24.5 Å². The lowest BCUT2D eigenvalue weighted by Crippen LogP contribution is -2.39. The van der Waals surface area contributed by atoms with Gasteiger partial charge in [0.1, 0.15) is 16.8 Å². The maximum Gasteiger partial charge on any atom is 0.254 e. The molecule has 2 amide bonds. The molecule has 9 heteroatoms. The van der Waals surface area contributed by atoms with Crippen LogP contribution in [0, 0.1) is 0 Å². The number of amides is 2. The highest BCUT2D eigenvalue weighted by Gasteiger charge is 2.33. The Morgan fingerprint density at radius 1 is 1.12 bits per heavy atom. The number of thiophene rings is 1. The van der Waals surface area contributed by atoms with Gasteiger partial charge in [0, 0.05) is 29.4 Å². The molecular formula is C25H27N5O3S. The van der Waals surface area contributed by atoms with Crippen LogP contribution < -0.4 is 21.5 Å². The first-order chi connectivity index (χ1) is 16.6. The van der Waals surface area contributed by atoms with E-state index in [2.05, 4.69) is 26.5 Å². The van der Waals surface area contributed by atoms with Gasteiger partial charge in [-0.25, -0.2) is 10.9 Å². The van der Waals surface area contributed by atoms with Crippen molar-refractivity contribution in [3.8, 4) is 5.75 Å². The number of carbonyl (C=O) groups is 2. The summed E-state index contributed by atoms with van der Waals surface area (Å²) in [7, 11) is 0. The van der Waals surface area contributed by atoms with Gasteiger partial charge in [-0.3, -0.25) is 14.6 Å². The standard InChI is InChI=1S/C25H27N5O3S/c31-20-9-3-1-7-16(20)18-12-19(30-29-18)23(32)28-25-22(17-8-2-4-10-21(17)34-25)24(33)27-14-15-6-5-11-26-13-15/h1,3,5-7,9,11,13,18-19,29-31H,2,4,8,10,12,14H2,(H,27,33)(H,28,32). The lowest BCUT2D eigenvalue weighted by atomic mass is 9.95. The van der Waals surface area contributed by atoms with Gasteiger partial charge in [0.2, 0.25) is 5.91 Å². The largest absolute Gasteiger partial charge is 0.508 e. The number of carbonyl (C=O) groups excluding carboxylic acids is 2. The molecule has 0 bridgehead atoms. The number of rotatable bonds is 6. The number of anilines is 1.